The number of hydrogen-bond donors (Lipinski definition) is 1. The number of ether oxygens (including phenoxy) is 1. The minimum atomic E-state index is -0.472. The number of hydrogen-bond acceptors (Lipinski definition) is 6. The van der Waals surface area contributed by atoms with E-state index in [1.165, 1.54) is 17.5 Å². The summed E-state index contributed by atoms with van der Waals surface area (Å²) in [5.74, 6) is 0. The second-order valence-electron chi connectivity index (χ2n) is 5.14. The molecular formula is C17H16N4O3S. The minimum absolute atomic E-state index is 0.329. The van der Waals surface area contributed by atoms with Crippen molar-refractivity contribution in [2.45, 2.75) is 13.5 Å². The zero-order chi connectivity index (χ0) is 17.6. The van der Waals surface area contributed by atoms with E-state index in [-0.39, 0.29) is 0 Å². The molecule has 3 rings (SSSR count). The molecule has 1 amide bonds. The predicted octanol–water partition coefficient (Wildman–Crippen LogP) is 3.44. The van der Waals surface area contributed by atoms with E-state index in [4.69, 9.17) is 4.74 Å². The molecule has 0 radical (unpaired) electrons. The summed E-state index contributed by atoms with van der Waals surface area (Å²) in [5, 5.41) is 9.63. The molecule has 2 aromatic heterocycles. The van der Waals surface area contributed by atoms with Gasteiger partial charge >= 0.3 is 6.09 Å². The Hall–Kier alpha value is -3.00. The lowest BCUT2D eigenvalue weighted by molar-refractivity contribution is 0.112. The molecule has 1 aromatic carbocycles. The van der Waals surface area contributed by atoms with Crippen LogP contribution in [0.2, 0.25) is 0 Å². The molecule has 0 aliphatic heterocycles. The summed E-state index contributed by atoms with van der Waals surface area (Å²) in [5.41, 5.74) is 3.01. The number of nitrogens with one attached hydrogen (secondary N) is 1. The molecule has 128 valence electrons. The van der Waals surface area contributed by atoms with Gasteiger partial charge in [0.25, 0.3) is 0 Å². The lowest BCUT2D eigenvalue weighted by Crippen LogP contribution is -2.13. The molecule has 0 bridgehead atoms. The van der Waals surface area contributed by atoms with Gasteiger partial charge in [-0.15, -0.1) is 11.3 Å². The monoisotopic (exact) mass is 356 g/mol. The van der Waals surface area contributed by atoms with Gasteiger partial charge in [0.05, 0.1) is 30.6 Å². The van der Waals surface area contributed by atoms with E-state index in [9.17, 15) is 9.59 Å². The first-order valence-corrected chi connectivity index (χ1v) is 8.52. The highest BCUT2D eigenvalue weighted by molar-refractivity contribution is 7.09. The highest BCUT2D eigenvalue weighted by Gasteiger charge is 2.07. The van der Waals surface area contributed by atoms with Gasteiger partial charge in [-0.1, -0.05) is 12.1 Å². The molecule has 2 heterocycles. The average molecular weight is 356 g/mol. The highest BCUT2D eigenvalue weighted by atomic mass is 32.1. The van der Waals surface area contributed by atoms with E-state index in [1.54, 1.807) is 29.9 Å². The lowest BCUT2D eigenvalue weighted by atomic mass is 10.1. The Kier molecular flexibility index (Phi) is 5.20. The Morgan fingerprint density at radius 3 is 2.84 bits per heavy atom. The fraction of sp³-hybridized carbons (Fsp3) is 0.176. The number of nitrogens with zero attached hydrogens (tertiary/aromatic N) is 3. The van der Waals surface area contributed by atoms with Crippen molar-refractivity contribution >= 4 is 29.4 Å². The summed E-state index contributed by atoms with van der Waals surface area (Å²) >= 11 is 1.53. The molecular weight excluding hydrogens is 340 g/mol. The average Bonchev–Trinajstić information content (AvgIpc) is 3.25. The topological polar surface area (TPSA) is 86.1 Å². The zero-order valence-corrected chi connectivity index (χ0v) is 14.3. The highest BCUT2D eigenvalue weighted by Crippen LogP contribution is 2.24. The third-order valence-electron chi connectivity index (χ3n) is 3.34. The molecule has 0 saturated heterocycles. The van der Waals surface area contributed by atoms with Gasteiger partial charge in [0.1, 0.15) is 5.01 Å². The SMILES string of the molecule is CCOC(=O)Nc1ccc(-c2csc(Cn3cc(C=O)cn3)n2)cc1. The molecule has 3 aromatic rings. The van der Waals surface area contributed by atoms with Gasteiger partial charge in [0.2, 0.25) is 0 Å². The van der Waals surface area contributed by atoms with Gasteiger partial charge in [-0.2, -0.15) is 5.10 Å². The molecule has 0 aliphatic carbocycles. The van der Waals surface area contributed by atoms with Crippen LogP contribution in [0.1, 0.15) is 22.3 Å². The third-order valence-corrected chi connectivity index (χ3v) is 4.17. The molecule has 0 saturated carbocycles. The Morgan fingerprint density at radius 1 is 1.36 bits per heavy atom. The van der Waals surface area contributed by atoms with Gasteiger partial charge in [-0.05, 0) is 19.1 Å². The number of aromatic nitrogens is 3. The minimum Gasteiger partial charge on any atom is -0.450 e. The number of aldehydes is 1. The lowest BCUT2D eigenvalue weighted by Gasteiger charge is -2.05. The van der Waals surface area contributed by atoms with E-state index < -0.39 is 6.09 Å². The van der Waals surface area contributed by atoms with E-state index in [0.29, 0.717) is 24.4 Å². The summed E-state index contributed by atoms with van der Waals surface area (Å²) in [7, 11) is 0. The maximum absolute atomic E-state index is 11.4. The largest absolute Gasteiger partial charge is 0.450 e. The second-order valence-corrected chi connectivity index (χ2v) is 6.08. The van der Waals surface area contributed by atoms with Crippen LogP contribution in [0, 0.1) is 0 Å². The van der Waals surface area contributed by atoms with Crippen LogP contribution in [0.25, 0.3) is 11.3 Å². The summed E-state index contributed by atoms with van der Waals surface area (Å²) < 4.78 is 6.52. The third kappa shape index (κ3) is 4.30. The standard InChI is InChI=1S/C17H16N4O3S/c1-2-24-17(23)19-14-5-3-13(4-6-14)15-11-25-16(20-15)9-21-8-12(10-22)7-18-21/h3-8,10-11H,2,9H2,1H3,(H,19,23). The normalized spacial score (nSPS) is 10.4. The first kappa shape index (κ1) is 16.8. The molecule has 0 atom stereocenters. The molecule has 0 unspecified atom stereocenters. The summed E-state index contributed by atoms with van der Waals surface area (Å²) in [4.78, 5) is 26.7. The number of carbonyl (C=O) groups excluding carboxylic acids is 2. The van der Waals surface area contributed by atoms with Crippen LogP contribution in [0.4, 0.5) is 10.5 Å². The van der Waals surface area contributed by atoms with E-state index in [0.717, 1.165) is 22.6 Å². The molecule has 7 nitrogen and oxygen atoms in total. The maximum atomic E-state index is 11.4. The van der Waals surface area contributed by atoms with Crippen molar-refractivity contribution in [3.8, 4) is 11.3 Å². The Bertz CT molecular complexity index is 870. The van der Waals surface area contributed by atoms with E-state index >= 15 is 0 Å². The van der Waals surface area contributed by atoms with Gasteiger partial charge in [-0.3, -0.25) is 14.8 Å². The number of carbonyl (C=O) groups is 2. The van der Waals surface area contributed by atoms with Crippen molar-refractivity contribution in [3.63, 3.8) is 0 Å². The van der Waals surface area contributed by atoms with E-state index in [1.807, 2.05) is 17.5 Å². The second kappa shape index (κ2) is 7.71. The number of anilines is 1. The van der Waals surface area contributed by atoms with Gasteiger partial charge in [-0.25, -0.2) is 9.78 Å². The van der Waals surface area contributed by atoms with Gasteiger partial charge in [0, 0.05) is 22.8 Å². The van der Waals surface area contributed by atoms with Gasteiger partial charge < -0.3 is 4.74 Å². The molecule has 0 fully saturated rings. The molecule has 0 spiro atoms. The zero-order valence-electron chi connectivity index (χ0n) is 13.5. The summed E-state index contributed by atoms with van der Waals surface area (Å²) in [6.45, 7) is 2.60. The Labute approximate surface area is 148 Å². The molecule has 8 heteroatoms. The fourth-order valence-corrected chi connectivity index (χ4v) is 2.99. The van der Waals surface area contributed by atoms with Crippen molar-refractivity contribution in [1.82, 2.24) is 14.8 Å². The van der Waals surface area contributed by atoms with Crippen LogP contribution in [0.5, 0.6) is 0 Å². The Balaban J connectivity index is 1.67. The Morgan fingerprint density at radius 2 is 2.16 bits per heavy atom. The first-order chi connectivity index (χ1) is 12.2. The van der Waals surface area contributed by atoms with Gasteiger partial charge in [0.15, 0.2) is 6.29 Å². The van der Waals surface area contributed by atoms with Crippen molar-refractivity contribution < 1.29 is 14.3 Å². The molecule has 1 N–H and O–H groups in total. The van der Waals surface area contributed by atoms with Crippen molar-refractivity contribution in [2.75, 3.05) is 11.9 Å². The maximum Gasteiger partial charge on any atom is 0.411 e. The number of benzene rings is 1. The summed E-state index contributed by atoms with van der Waals surface area (Å²) in [6, 6.07) is 7.38. The van der Waals surface area contributed by atoms with E-state index in [2.05, 4.69) is 15.4 Å². The molecule has 0 aliphatic rings. The fourth-order valence-electron chi connectivity index (χ4n) is 2.19. The van der Waals surface area contributed by atoms with Crippen LogP contribution in [-0.2, 0) is 11.3 Å². The van der Waals surface area contributed by atoms with Crippen molar-refractivity contribution in [3.05, 3.63) is 52.6 Å². The van der Waals surface area contributed by atoms with Crippen molar-refractivity contribution in [2.24, 2.45) is 0 Å². The quantitative estimate of drug-likeness (QED) is 0.684. The van der Waals surface area contributed by atoms with Crippen LogP contribution in [0.3, 0.4) is 0 Å². The number of rotatable bonds is 6. The first-order valence-electron chi connectivity index (χ1n) is 7.64. The van der Waals surface area contributed by atoms with Crippen LogP contribution in [0.15, 0.2) is 42.0 Å². The predicted molar refractivity (Wildman–Crippen MR) is 94.9 cm³/mol. The molecule has 25 heavy (non-hydrogen) atoms. The van der Waals surface area contributed by atoms with Crippen molar-refractivity contribution in [1.29, 1.82) is 0 Å². The number of amides is 1. The summed E-state index contributed by atoms with van der Waals surface area (Å²) in [6.07, 6.45) is 3.50. The van der Waals surface area contributed by atoms with Crippen LogP contribution < -0.4 is 5.32 Å². The number of thiazole rings is 1. The van der Waals surface area contributed by atoms with Crippen LogP contribution in [-0.4, -0.2) is 33.8 Å². The van der Waals surface area contributed by atoms with Crippen LogP contribution >= 0.6 is 11.3 Å². The smallest absolute Gasteiger partial charge is 0.411 e.